The Morgan fingerprint density at radius 1 is 1.45 bits per heavy atom. The monoisotopic (exact) mass is 153 g/mol. The van der Waals surface area contributed by atoms with Crippen molar-refractivity contribution < 1.29 is 4.79 Å². The average molecular weight is 153 g/mol. The van der Waals surface area contributed by atoms with Crippen molar-refractivity contribution in [1.29, 1.82) is 0 Å². The highest BCUT2D eigenvalue weighted by Crippen LogP contribution is 2.44. The lowest BCUT2D eigenvalue weighted by Gasteiger charge is -2.32. The minimum absolute atomic E-state index is 0.258. The number of rotatable bonds is 1. The molecule has 0 amide bonds. The summed E-state index contributed by atoms with van der Waals surface area (Å²) in [5.74, 6) is 1.91. The maximum absolute atomic E-state index is 11.2. The van der Waals surface area contributed by atoms with E-state index in [-0.39, 0.29) is 6.04 Å². The molecule has 2 heteroatoms. The predicted octanol–water partition coefficient (Wildman–Crippen LogP) is 0.916. The molecule has 1 aliphatic carbocycles. The van der Waals surface area contributed by atoms with Gasteiger partial charge in [-0.25, -0.2) is 0 Å². The number of Topliss-reactive ketones (excluding diaryl/α,β-unsaturated/α-hetero) is 1. The van der Waals surface area contributed by atoms with Crippen LogP contribution in [-0.2, 0) is 4.79 Å². The van der Waals surface area contributed by atoms with Gasteiger partial charge in [0.1, 0.15) is 5.78 Å². The fourth-order valence-corrected chi connectivity index (χ4v) is 2.66. The molecule has 2 aliphatic rings. The Kier molecular flexibility index (Phi) is 1.53. The number of likely N-dealkylation sites (tertiary alicyclic amines) is 1. The molecule has 1 aliphatic heterocycles. The zero-order valence-electron chi connectivity index (χ0n) is 7.21. The van der Waals surface area contributed by atoms with E-state index >= 15 is 0 Å². The topological polar surface area (TPSA) is 20.3 Å². The predicted molar refractivity (Wildman–Crippen MR) is 43.3 cm³/mol. The highest BCUT2D eigenvalue weighted by Gasteiger charge is 2.47. The number of likely N-dealkylation sites (N-methyl/N-ethyl adjacent to an activating group) is 1. The Labute approximate surface area is 67.6 Å². The number of hydrogen-bond donors (Lipinski definition) is 0. The summed E-state index contributed by atoms with van der Waals surface area (Å²) >= 11 is 0. The van der Waals surface area contributed by atoms with Gasteiger partial charge in [-0.05, 0) is 38.6 Å². The van der Waals surface area contributed by atoms with Crippen molar-refractivity contribution in [2.75, 3.05) is 13.6 Å². The summed E-state index contributed by atoms with van der Waals surface area (Å²) in [4.78, 5) is 13.4. The fraction of sp³-hybridized carbons (Fsp3) is 0.889. The molecule has 62 valence electrons. The molecule has 3 atom stereocenters. The highest BCUT2D eigenvalue weighted by molar-refractivity contribution is 5.82. The summed E-state index contributed by atoms with van der Waals surface area (Å²) in [6, 6.07) is 0.258. The van der Waals surface area contributed by atoms with Gasteiger partial charge in [-0.15, -0.1) is 0 Å². The minimum atomic E-state index is 0.258. The Morgan fingerprint density at radius 3 is 2.45 bits per heavy atom. The second kappa shape index (κ2) is 2.31. The van der Waals surface area contributed by atoms with Crippen LogP contribution in [0.2, 0.25) is 0 Å². The highest BCUT2D eigenvalue weighted by atomic mass is 16.1. The van der Waals surface area contributed by atoms with Gasteiger partial charge in [-0.3, -0.25) is 9.69 Å². The molecular weight excluding hydrogens is 138 g/mol. The van der Waals surface area contributed by atoms with Gasteiger partial charge in [0.2, 0.25) is 0 Å². The molecule has 2 rings (SSSR count). The van der Waals surface area contributed by atoms with Crippen molar-refractivity contribution in [3.63, 3.8) is 0 Å². The van der Waals surface area contributed by atoms with Crippen LogP contribution < -0.4 is 0 Å². The SMILES string of the molecule is CC(=O)[C@@H]1C2CCC2CN1C. The normalized spacial score (nSPS) is 43.3. The van der Waals surface area contributed by atoms with Crippen LogP contribution in [-0.4, -0.2) is 30.3 Å². The van der Waals surface area contributed by atoms with Crippen LogP contribution >= 0.6 is 0 Å². The van der Waals surface area contributed by atoms with Crippen molar-refractivity contribution in [3.8, 4) is 0 Å². The lowest BCUT2D eigenvalue weighted by molar-refractivity contribution is -0.122. The summed E-state index contributed by atoms with van der Waals surface area (Å²) < 4.78 is 0. The maximum Gasteiger partial charge on any atom is 0.147 e. The van der Waals surface area contributed by atoms with E-state index in [1.54, 1.807) is 6.92 Å². The summed E-state index contributed by atoms with van der Waals surface area (Å²) in [6.07, 6.45) is 2.62. The Balaban J connectivity index is 2.13. The van der Waals surface area contributed by atoms with Crippen LogP contribution in [0, 0.1) is 11.8 Å². The van der Waals surface area contributed by atoms with Crippen molar-refractivity contribution in [3.05, 3.63) is 0 Å². The number of ketones is 1. The number of carbonyl (C=O) groups excluding carboxylic acids is 1. The Bertz CT molecular complexity index is 190. The zero-order chi connectivity index (χ0) is 8.01. The summed E-state index contributed by atoms with van der Waals surface area (Å²) in [5, 5.41) is 0. The second-order valence-electron chi connectivity index (χ2n) is 4.00. The zero-order valence-corrected chi connectivity index (χ0v) is 7.21. The van der Waals surface area contributed by atoms with Crippen LogP contribution in [0.3, 0.4) is 0 Å². The molecule has 1 saturated carbocycles. The molecular formula is C9H15NO. The lowest BCUT2D eigenvalue weighted by atomic mass is 9.72. The largest absolute Gasteiger partial charge is 0.298 e. The van der Waals surface area contributed by atoms with E-state index < -0.39 is 0 Å². The van der Waals surface area contributed by atoms with E-state index in [1.807, 2.05) is 0 Å². The van der Waals surface area contributed by atoms with E-state index in [2.05, 4.69) is 11.9 Å². The molecule has 0 bridgehead atoms. The summed E-state index contributed by atoms with van der Waals surface area (Å²) in [7, 11) is 2.07. The van der Waals surface area contributed by atoms with Crippen LogP contribution in [0.15, 0.2) is 0 Å². The quantitative estimate of drug-likeness (QED) is 0.558. The van der Waals surface area contributed by atoms with Crippen molar-refractivity contribution in [2.24, 2.45) is 11.8 Å². The molecule has 11 heavy (non-hydrogen) atoms. The molecule has 1 saturated heterocycles. The number of nitrogens with zero attached hydrogens (tertiary/aromatic N) is 1. The smallest absolute Gasteiger partial charge is 0.147 e. The van der Waals surface area contributed by atoms with Crippen LogP contribution in [0.4, 0.5) is 0 Å². The molecule has 0 N–H and O–H groups in total. The maximum atomic E-state index is 11.2. The average Bonchev–Trinajstić information content (AvgIpc) is 2.10. The van der Waals surface area contributed by atoms with E-state index in [0.717, 1.165) is 12.5 Å². The number of fused-ring (bicyclic) bond motifs is 1. The van der Waals surface area contributed by atoms with Gasteiger partial charge in [0.15, 0.2) is 0 Å². The van der Waals surface area contributed by atoms with Gasteiger partial charge in [0.05, 0.1) is 6.04 Å². The van der Waals surface area contributed by atoms with Gasteiger partial charge in [0, 0.05) is 6.54 Å². The summed E-state index contributed by atoms with van der Waals surface area (Å²) in [6.45, 7) is 2.87. The van der Waals surface area contributed by atoms with Gasteiger partial charge < -0.3 is 0 Å². The molecule has 0 radical (unpaired) electrons. The van der Waals surface area contributed by atoms with Crippen LogP contribution in [0.25, 0.3) is 0 Å². The number of carbonyl (C=O) groups is 1. The molecule has 0 aromatic carbocycles. The van der Waals surface area contributed by atoms with E-state index in [0.29, 0.717) is 11.7 Å². The van der Waals surface area contributed by atoms with E-state index in [4.69, 9.17) is 0 Å². The molecule has 1 heterocycles. The lowest BCUT2D eigenvalue weighted by Crippen LogP contribution is -2.38. The Morgan fingerprint density at radius 2 is 2.18 bits per heavy atom. The van der Waals surface area contributed by atoms with Crippen molar-refractivity contribution in [2.45, 2.75) is 25.8 Å². The van der Waals surface area contributed by atoms with Crippen LogP contribution in [0.1, 0.15) is 19.8 Å². The van der Waals surface area contributed by atoms with Crippen molar-refractivity contribution >= 4 is 5.78 Å². The molecule has 2 unspecified atom stereocenters. The third kappa shape index (κ3) is 0.924. The first-order valence-electron chi connectivity index (χ1n) is 4.41. The van der Waals surface area contributed by atoms with E-state index in [9.17, 15) is 4.79 Å². The van der Waals surface area contributed by atoms with E-state index in [1.165, 1.54) is 12.8 Å². The van der Waals surface area contributed by atoms with Gasteiger partial charge >= 0.3 is 0 Å². The van der Waals surface area contributed by atoms with Crippen LogP contribution in [0.5, 0.6) is 0 Å². The molecule has 0 aromatic heterocycles. The Hall–Kier alpha value is -0.370. The summed E-state index contributed by atoms with van der Waals surface area (Å²) in [5.41, 5.74) is 0. The minimum Gasteiger partial charge on any atom is -0.298 e. The fourth-order valence-electron chi connectivity index (χ4n) is 2.66. The van der Waals surface area contributed by atoms with Gasteiger partial charge in [-0.1, -0.05) is 0 Å². The molecule has 0 aromatic rings. The molecule has 2 fully saturated rings. The standard InChI is InChI=1S/C9H15NO/c1-6(11)9-8-4-3-7(8)5-10(9)2/h7-9H,3-5H2,1-2H3/t7?,8?,9-/m1/s1. The first kappa shape index (κ1) is 7.29. The third-order valence-electron chi connectivity index (χ3n) is 3.30. The van der Waals surface area contributed by atoms with Gasteiger partial charge in [0.25, 0.3) is 0 Å². The van der Waals surface area contributed by atoms with Gasteiger partial charge in [-0.2, -0.15) is 0 Å². The van der Waals surface area contributed by atoms with Crippen molar-refractivity contribution in [1.82, 2.24) is 4.90 Å². The first-order chi connectivity index (χ1) is 5.20. The third-order valence-corrected chi connectivity index (χ3v) is 3.30. The first-order valence-corrected chi connectivity index (χ1v) is 4.41. The second-order valence-corrected chi connectivity index (χ2v) is 4.00. The molecule has 0 spiro atoms. The molecule has 2 nitrogen and oxygen atoms in total. The number of hydrogen-bond acceptors (Lipinski definition) is 2.